The molecule has 73 heavy (non-hydrogen) atoms. The Morgan fingerprint density at radius 2 is 0.493 bits per heavy atom. The molecular formula is C67H124O6. The molecule has 0 aliphatic carbocycles. The summed E-state index contributed by atoms with van der Waals surface area (Å²) in [6, 6.07) is 0. The van der Waals surface area contributed by atoms with Crippen LogP contribution in [0.3, 0.4) is 0 Å². The Labute approximate surface area is 455 Å². The molecule has 0 aromatic carbocycles. The fourth-order valence-corrected chi connectivity index (χ4v) is 9.71. The van der Waals surface area contributed by atoms with E-state index in [2.05, 4.69) is 57.2 Å². The average molecular weight is 1030 g/mol. The van der Waals surface area contributed by atoms with Crippen molar-refractivity contribution >= 4 is 17.9 Å². The van der Waals surface area contributed by atoms with Gasteiger partial charge in [0.1, 0.15) is 13.2 Å². The molecule has 428 valence electrons. The Kier molecular flexibility index (Phi) is 60.2. The highest BCUT2D eigenvalue weighted by atomic mass is 16.6. The first-order valence-electron chi connectivity index (χ1n) is 32.5. The summed E-state index contributed by atoms with van der Waals surface area (Å²) in [5, 5.41) is 0. The summed E-state index contributed by atoms with van der Waals surface area (Å²) in [7, 11) is 0. The van der Waals surface area contributed by atoms with Crippen LogP contribution in [0.5, 0.6) is 0 Å². The lowest BCUT2D eigenvalue weighted by Crippen LogP contribution is -2.30. The maximum atomic E-state index is 12.8. The highest BCUT2D eigenvalue weighted by Gasteiger charge is 2.19. The molecule has 0 N–H and O–H groups in total. The van der Waals surface area contributed by atoms with Gasteiger partial charge in [0, 0.05) is 19.3 Å². The van der Waals surface area contributed by atoms with Gasteiger partial charge in [-0.05, 0) is 77.0 Å². The number of hydrogen-bond acceptors (Lipinski definition) is 6. The number of esters is 3. The third kappa shape index (κ3) is 60.4. The molecule has 1 atom stereocenters. The number of carbonyl (C=O) groups is 3. The maximum Gasteiger partial charge on any atom is 0.306 e. The standard InChI is InChI=1S/C67H124O6/c1-4-7-10-13-16-18-20-22-24-26-27-28-29-30-31-32-33-34-35-36-37-38-39-41-42-44-46-48-51-54-57-60-66(69)72-63-64(62-71-65(68)59-56-53-50-15-12-9-6-3)73-67(70)61-58-55-52-49-47-45-43-40-25-23-21-19-17-14-11-8-5-2/h17,19,23,25-27,64H,4-16,18,20-22,24,28-63H2,1-3H3/b19-17-,25-23-,27-26-. The number of allylic oxidation sites excluding steroid dienone is 6. The summed E-state index contributed by atoms with van der Waals surface area (Å²) < 4.78 is 16.8. The van der Waals surface area contributed by atoms with Crippen molar-refractivity contribution in [3.05, 3.63) is 36.5 Å². The van der Waals surface area contributed by atoms with Crippen molar-refractivity contribution in [2.45, 2.75) is 361 Å². The minimum atomic E-state index is -0.771. The van der Waals surface area contributed by atoms with E-state index in [4.69, 9.17) is 14.2 Å². The van der Waals surface area contributed by atoms with E-state index in [1.807, 2.05) is 0 Å². The third-order valence-corrected chi connectivity index (χ3v) is 14.6. The van der Waals surface area contributed by atoms with Crippen molar-refractivity contribution in [2.24, 2.45) is 0 Å². The van der Waals surface area contributed by atoms with E-state index in [1.54, 1.807) is 0 Å². The van der Waals surface area contributed by atoms with Crippen LogP contribution < -0.4 is 0 Å². The Morgan fingerprint density at radius 1 is 0.274 bits per heavy atom. The number of hydrogen-bond donors (Lipinski definition) is 0. The van der Waals surface area contributed by atoms with Crippen LogP contribution in [0.25, 0.3) is 0 Å². The molecule has 0 saturated carbocycles. The molecule has 0 aromatic heterocycles. The van der Waals surface area contributed by atoms with E-state index >= 15 is 0 Å². The van der Waals surface area contributed by atoms with Gasteiger partial charge in [0.15, 0.2) is 6.10 Å². The molecule has 6 heteroatoms. The van der Waals surface area contributed by atoms with Crippen LogP contribution in [0.2, 0.25) is 0 Å². The van der Waals surface area contributed by atoms with Crippen LogP contribution in [-0.4, -0.2) is 37.2 Å². The van der Waals surface area contributed by atoms with Crippen LogP contribution in [0.1, 0.15) is 355 Å². The Bertz CT molecular complexity index is 1220. The first-order valence-corrected chi connectivity index (χ1v) is 32.5. The summed E-state index contributed by atoms with van der Waals surface area (Å²) in [6.07, 6.45) is 76.2. The smallest absolute Gasteiger partial charge is 0.306 e. The predicted octanol–water partition coefficient (Wildman–Crippen LogP) is 22.0. The molecule has 0 fully saturated rings. The molecule has 0 radical (unpaired) electrons. The van der Waals surface area contributed by atoms with E-state index in [0.29, 0.717) is 19.3 Å². The first-order chi connectivity index (χ1) is 36.0. The van der Waals surface area contributed by atoms with Gasteiger partial charge in [-0.3, -0.25) is 14.4 Å². The number of carbonyl (C=O) groups excluding carboxylic acids is 3. The molecular weight excluding hydrogens is 901 g/mol. The number of unbranched alkanes of at least 4 members (excludes halogenated alkanes) is 43. The van der Waals surface area contributed by atoms with Gasteiger partial charge in [0.05, 0.1) is 0 Å². The fraction of sp³-hybridized carbons (Fsp3) is 0.866. The normalized spacial score (nSPS) is 12.2. The second kappa shape index (κ2) is 62.2. The summed E-state index contributed by atoms with van der Waals surface area (Å²) >= 11 is 0. The zero-order chi connectivity index (χ0) is 52.9. The largest absolute Gasteiger partial charge is 0.462 e. The predicted molar refractivity (Wildman–Crippen MR) is 316 cm³/mol. The molecule has 0 rings (SSSR count). The van der Waals surface area contributed by atoms with Gasteiger partial charge in [0.25, 0.3) is 0 Å². The van der Waals surface area contributed by atoms with Crippen LogP contribution in [0.4, 0.5) is 0 Å². The summed E-state index contributed by atoms with van der Waals surface area (Å²) in [6.45, 7) is 6.61. The molecule has 1 unspecified atom stereocenters. The van der Waals surface area contributed by atoms with Gasteiger partial charge in [0.2, 0.25) is 0 Å². The number of ether oxygens (including phenoxy) is 3. The van der Waals surface area contributed by atoms with Crippen molar-refractivity contribution in [2.75, 3.05) is 13.2 Å². The highest BCUT2D eigenvalue weighted by Crippen LogP contribution is 2.18. The second-order valence-electron chi connectivity index (χ2n) is 22.0. The van der Waals surface area contributed by atoms with Gasteiger partial charge < -0.3 is 14.2 Å². The zero-order valence-corrected chi connectivity index (χ0v) is 49.2. The molecule has 0 aromatic rings. The first kappa shape index (κ1) is 70.6. The van der Waals surface area contributed by atoms with Crippen molar-refractivity contribution in [1.82, 2.24) is 0 Å². The summed E-state index contributed by atoms with van der Waals surface area (Å²) in [5.74, 6) is -0.866. The molecule has 0 saturated heterocycles. The lowest BCUT2D eigenvalue weighted by Gasteiger charge is -2.18. The van der Waals surface area contributed by atoms with Crippen LogP contribution >= 0.6 is 0 Å². The van der Waals surface area contributed by atoms with Crippen LogP contribution in [0, 0.1) is 0 Å². The molecule has 0 spiro atoms. The SMILES string of the molecule is CCCCC/C=C\C/C=C\CCCCCCCCCC(=O)OC(COC(=O)CCCCCCCCC)COC(=O)CCCCCCCCCCCCCCCCCCCCC/C=C\CCCCCCCCCC. The summed E-state index contributed by atoms with van der Waals surface area (Å²) in [4.78, 5) is 38.0. The Balaban J connectivity index is 4.00. The minimum absolute atomic E-state index is 0.0712. The van der Waals surface area contributed by atoms with E-state index in [0.717, 1.165) is 70.6 Å². The molecule has 0 heterocycles. The topological polar surface area (TPSA) is 78.9 Å². The molecule has 0 amide bonds. The average Bonchev–Trinajstić information content (AvgIpc) is 3.39. The molecule has 0 bridgehead atoms. The van der Waals surface area contributed by atoms with Crippen LogP contribution in [0.15, 0.2) is 36.5 Å². The van der Waals surface area contributed by atoms with Crippen molar-refractivity contribution in [1.29, 1.82) is 0 Å². The van der Waals surface area contributed by atoms with Gasteiger partial charge >= 0.3 is 17.9 Å². The monoisotopic (exact) mass is 1020 g/mol. The van der Waals surface area contributed by atoms with E-state index in [9.17, 15) is 14.4 Å². The van der Waals surface area contributed by atoms with E-state index in [-0.39, 0.29) is 31.1 Å². The third-order valence-electron chi connectivity index (χ3n) is 14.6. The van der Waals surface area contributed by atoms with Crippen molar-refractivity contribution < 1.29 is 28.6 Å². The molecule has 0 aliphatic heterocycles. The lowest BCUT2D eigenvalue weighted by atomic mass is 10.0. The van der Waals surface area contributed by atoms with Gasteiger partial charge in [-0.2, -0.15) is 0 Å². The van der Waals surface area contributed by atoms with Gasteiger partial charge in [-0.15, -0.1) is 0 Å². The molecule has 0 aliphatic rings. The van der Waals surface area contributed by atoms with Crippen molar-refractivity contribution in [3.63, 3.8) is 0 Å². The van der Waals surface area contributed by atoms with Crippen molar-refractivity contribution in [3.8, 4) is 0 Å². The lowest BCUT2D eigenvalue weighted by molar-refractivity contribution is -0.167. The summed E-state index contributed by atoms with van der Waals surface area (Å²) in [5.41, 5.74) is 0. The Hall–Kier alpha value is -2.37. The van der Waals surface area contributed by atoms with Crippen LogP contribution in [-0.2, 0) is 28.6 Å². The quantitative estimate of drug-likeness (QED) is 0.0261. The Morgan fingerprint density at radius 3 is 0.795 bits per heavy atom. The second-order valence-corrected chi connectivity index (χ2v) is 22.0. The number of rotatable bonds is 60. The van der Waals surface area contributed by atoms with Gasteiger partial charge in [-0.25, -0.2) is 0 Å². The molecule has 6 nitrogen and oxygen atoms in total. The van der Waals surface area contributed by atoms with Gasteiger partial charge in [-0.1, -0.05) is 295 Å². The maximum absolute atomic E-state index is 12.8. The fourth-order valence-electron chi connectivity index (χ4n) is 9.71. The zero-order valence-electron chi connectivity index (χ0n) is 49.2. The minimum Gasteiger partial charge on any atom is -0.462 e. The van der Waals surface area contributed by atoms with E-state index in [1.165, 1.54) is 244 Å². The highest BCUT2D eigenvalue weighted by molar-refractivity contribution is 5.71. The van der Waals surface area contributed by atoms with E-state index < -0.39 is 6.10 Å².